The van der Waals surface area contributed by atoms with Gasteiger partial charge in [-0.2, -0.15) is 0 Å². The summed E-state index contributed by atoms with van der Waals surface area (Å²) in [6, 6.07) is 162. The van der Waals surface area contributed by atoms with E-state index in [2.05, 4.69) is 485 Å². The molecule has 0 aromatic heterocycles. The zero-order valence-corrected chi connectivity index (χ0v) is 63.3. The lowest BCUT2D eigenvalue weighted by molar-refractivity contribution is 0.767. The van der Waals surface area contributed by atoms with E-state index >= 15 is 0 Å². The van der Waals surface area contributed by atoms with Crippen LogP contribution in [-0.4, -0.2) is 0 Å². The van der Waals surface area contributed by atoms with Gasteiger partial charge in [-0.25, -0.2) is 0 Å². The van der Waals surface area contributed by atoms with E-state index in [-0.39, 0.29) is 5.41 Å². The average Bonchev–Trinajstić information content (AvgIpc) is 1.54. The van der Waals surface area contributed by atoms with Crippen molar-refractivity contribution in [2.75, 3.05) is 9.80 Å². The van der Waals surface area contributed by atoms with Gasteiger partial charge in [0.1, 0.15) is 0 Å². The standard InChI is InChI=1S/C61H44N2.C25H16Br2.C19H16/c1-7-19-45(20-8-1)47-31-35-53(36-32-47)62(51-27-15-5-16-28-51)55-39-41-57-58-42-40-56(44-60(58)61(59(57)43-55,49-23-11-3-12-24-49)50-25-13-4-14-26-50)63(52-29-17-6-18-30-52)54-37-33-48(34-38-54)46-21-9-2-10-22-46;26-19-11-13-21-22-14-12-20(27)16-24(22)25(23(21)15-19,17-7-3-1-4-8-17)18-9-5-2-6-10-18;1-3-7-16(8-4-1)15-17-11-13-19(14-12-17)18-9-5-2-6-10-18/h1-44H;1-16H;1-14H,15H2. The molecule has 0 fully saturated rings. The van der Waals surface area contributed by atoms with Gasteiger partial charge in [0.05, 0.1) is 10.8 Å². The Kier molecular flexibility index (Phi) is 20.0. The first-order valence-corrected chi connectivity index (χ1v) is 38.8. The molecule has 0 unspecified atom stereocenters. The minimum absolute atomic E-state index is 0.333. The zero-order chi connectivity index (χ0) is 73.4. The summed E-state index contributed by atoms with van der Waals surface area (Å²) in [6.45, 7) is 0. The summed E-state index contributed by atoms with van der Waals surface area (Å²) in [4.78, 5) is 4.78. The van der Waals surface area contributed by atoms with Gasteiger partial charge in [0, 0.05) is 43.1 Å². The highest BCUT2D eigenvalue weighted by atomic mass is 79.9. The molecule has 17 aromatic carbocycles. The fourth-order valence-electron chi connectivity index (χ4n) is 16.4. The number of anilines is 6. The molecule has 0 amide bonds. The molecule has 2 aliphatic rings. The second-order valence-electron chi connectivity index (χ2n) is 27.7. The molecular formula is C105H76Br2N2. The minimum Gasteiger partial charge on any atom is -0.310 e. The van der Waals surface area contributed by atoms with Crippen LogP contribution < -0.4 is 9.80 Å². The Morgan fingerprint density at radius 2 is 0.404 bits per heavy atom. The molecule has 0 N–H and O–H groups in total. The topological polar surface area (TPSA) is 6.48 Å². The summed E-state index contributed by atoms with van der Waals surface area (Å²) in [7, 11) is 0. The van der Waals surface area contributed by atoms with E-state index < -0.39 is 5.41 Å². The molecular weight excluding hydrogens is 1450 g/mol. The highest BCUT2D eigenvalue weighted by Crippen LogP contribution is 2.60. The minimum atomic E-state index is -0.627. The normalized spacial score (nSPS) is 12.3. The van der Waals surface area contributed by atoms with Crippen LogP contribution in [0.1, 0.15) is 55.6 Å². The molecule has 0 bridgehead atoms. The van der Waals surface area contributed by atoms with Crippen molar-refractivity contribution in [3.63, 3.8) is 0 Å². The molecule has 19 rings (SSSR count). The van der Waals surface area contributed by atoms with Crippen LogP contribution in [0.4, 0.5) is 34.1 Å². The van der Waals surface area contributed by atoms with E-state index in [4.69, 9.17) is 0 Å². The molecule has 17 aromatic rings. The van der Waals surface area contributed by atoms with Crippen LogP contribution in [0, 0.1) is 0 Å². The SMILES string of the molecule is Brc1ccc2c(c1)C(c1ccccc1)(c1ccccc1)c1cc(Br)ccc1-2.c1ccc(-c2ccc(N(c3ccccc3)c3ccc4c(c3)C(c3ccccc3)(c3ccccc3)c3cc(N(c5ccccc5)c5ccc(-c6ccccc6)cc5)ccc3-4)cc2)cc1.c1ccc(Cc2ccc(-c3ccccc3)cc2)cc1. The Bertz CT molecular complexity index is 5580. The third kappa shape index (κ3) is 13.8. The molecule has 4 heteroatoms. The third-order valence-electron chi connectivity index (χ3n) is 21.3. The lowest BCUT2D eigenvalue weighted by atomic mass is 9.67. The highest BCUT2D eigenvalue weighted by molar-refractivity contribution is 9.10. The predicted octanol–water partition coefficient (Wildman–Crippen LogP) is 28.8. The number of hydrogen-bond donors (Lipinski definition) is 0. The van der Waals surface area contributed by atoms with Crippen LogP contribution >= 0.6 is 31.9 Å². The van der Waals surface area contributed by atoms with E-state index in [1.54, 1.807) is 0 Å². The van der Waals surface area contributed by atoms with Gasteiger partial charge in [0.25, 0.3) is 0 Å². The van der Waals surface area contributed by atoms with E-state index in [9.17, 15) is 0 Å². The molecule has 520 valence electrons. The number of halogens is 2. The molecule has 0 radical (unpaired) electrons. The average molecular weight is 1530 g/mol. The number of para-hydroxylation sites is 2. The van der Waals surface area contributed by atoms with Crippen molar-refractivity contribution >= 4 is 66.0 Å². The van der Waals surface area contributed by atoms with E-state index in [1.807, 2.05) is 6.07 Å². The Morgan fingerprint density at radius 3 is 0.716 bits per heavy atom. The van der Waals surface area contributed by atoms with Crippen LogP contribution in [0.3, 0.4) is 0 Å². The maximum atomic E-state index is 3.71. The van der Waals surface area contributed by atoms with Gasteiger partial charge in [-0.05, 0) is 215 Å². The van der Waals surface area contributed by atoms with Crippen molar-refractivity contribution in [1.29, 1.82) is 0 Å². The molecule has 0 heterocycles. The molecule has 2 aliphatic carbocycles. The molecule has 0 saturated carbocycles. The molecule has 0 spiro atoms. The van der Waals surface area contributed by atoms with Crippen LogP contribution in [-0.2, 0) is 17.3 Å². The summed E-state index contributed by atoms with van der Waals surface area (Å²) in [5, 5.41) is 0. The second-order valence-corrected chi connectivity index (χ2v) is 29.5. The van der Waals surface area contributed by atoms with Crippen LogP contribution in [0.5, 0.6) is 0 Å². The van der Waals surface area contributed by atoms with Gasteiger partial charge in [-0.3, -0.25) is 0 Å². The molecule has 109 heavy (non-hydrogen) atoms. The maximum Gasteiger partial charge on any atom is 0.0715 e. The van der Waals surface area contributed by atoms with Gasteiger partial charge in [0.15, 0.2) is 0 Å². The summed E-state index contributed by atoms with van der Waals surface area (Å²) < 4.78 is 2.20. The van der Waals surface area contributed by atoms with Gasteiger partial charge < -0.3 is 9.80 Å². The van der Waals surface area contributed by atoms with Crippen molar-refractivity contribution in [2.45, 2.75) is 17.3 Å². The van der Waals surface area contributed by atoms with Crippen molar-refractivity contribution < 1.29 is 0 Å². The van der Waals surface area contributed by atoms with Crippen molar-refractivity contribution in [3.05, 3.63) is 513 Å². The van der Waals surface area contributed by atoms with E-state index in [0.29, 0.717) is 0 Å². The van der Waals surface area contributed by atoms with E-state index in [0.717, 1.165) is 49.5 Å². The first-order valence-electron chi connectivity index (χ1n) is 37.2. The summed E-state index contributed by atoms with van der Waals surface area (Å²) in [5.41, 5.74) is 30.9. The number of hydrogen-bond acceptors (Lipinski definition) is 2. The summed E-state index contributed by atoms with van der Waals surface area (Å²) in [5.74, 6) is 0. The zero-order valence-electron chi connectivity index (χ0n) is 60.1. The third-order valence-corrected chi connectivity index (χ3v) is 22.3. The lowest BCUT2D eigenvalue weighted by Gasteiger charge is -2.35. The Labute approximate surface area is 657 Å². The Morgan fingerprint density at radius 1 is 0.183 bits per heavy atom. The maximum absolute atomic E-state index is 3.71. The Hall–Kier alpha value is -12.7. The largest absolute Gasteiger partial charge is 0.310 e. The molecule has 0 aliphatic heterocycles. The number of benzene rings is 17. The van der Waals surface area contributed by atoms with Crippen LogP contribution in [0.2, 0.25) is 0 Å². The monoisotopic (exact) mass is 1520 g/mol. The molecule has 0 saturated heterocycles. The van der Waals surface area contributed by atoms with Gasteiger partial charge >= 0.3 is 0 Å². The highest BCUT2D eigenvalue weighted by Gasteiger charge is 2.48. The smallest absolute Gasteiger partial charge is 0.0715 e. The van der Waals surface area contributed by atoms with Crippen molar-refractivity contribution in [3.8, 4) is 55.6 Å². The number of nitrogens with zero attached hydrogens (tertiary/aromatic N) is 2. The predicted molar refractivity (Wildman–Crippen MR) is 464 cm³/mol. The van der Waals surface area contributed by atoms with Crippen LogP contribution in [0.25, 0.3) is 55.6 Å². The van der Waals surface area contributed by atoms with Crippen LogP contribution in [0.15, 0.2) is 458 Å². The quantitative estimate of drug-likeness (QED) is 0.101. The number of rotatable bonds is 15. The molecule has 0 atom stereocenters. The molecule has 2 nitrogen and oxygen atoms in total. The lowest BCUT2D eigenvalue weighted by Crippen LogP contribution is -2.29. The Balaban J connectivity index is 0.000000153. The summed E-state index contributed by atoms with van der Waals surface area (Å²) >= 11 is 7.42. The second kappa shape index (κ2) is 31.4. The fourth-order valence-corrected chi connectivity index (χ4v) is 17.1. The van der Waals surface area contributed by atoms with Crippen molar-refractivity contribution in [1.82, 2.24) is 0 Å². The van der Waals surface area contributed by atoms with Crippen molar-refractivity contribution in [2.24, 2.45) is 0 Å². The first-order chi connectivity index (χ1) is 53.9. The van der Waals surface area contributed by atoms with E-state index in [1.165, 1.54) is 111 Å². The van der Waals surface area contributed by atoms with Gasteiger partial charge in [-0.15, -0.1) is 0 Å². The first kappa shape index (κ1) is 69.4. The van der Waals surface area contributed by atoms with Gasteiger partial charge in [-0.1, -0.05) is 384 Å². The van der Waals surface area contributed by atoms with Gasteiger partial charge in [0.2, 0.25) is 0 Å². The fraction of sp³-hybridized carbons (Fsp3) is 0.0286. The summed E-state index contributed by atoms with van der Waals surface area (Å²) in [6.07, 6.45) is 0.996. The number of fused-ring (bicyclic) bond motifs is 6.